The SMILES string of the molecule is O=C(OCC#CCSc1nnc(-c2cccc(Cl)c2)o1)c1cc2ccccc2oc1=O. The maximum absolute atomic E-state index is 12.1. The number of fused-ring (bicyclic) bond motifs is 1. The van der Waals surface area contributed by atoms with Gasteiger partial charge in [0.1, 0.15) is 11.1 Å². The maximum atomic E-state index is 12.1. The Morgan fingerprint density at radius 3 is 2.81 bits per heavy atom. The monoisotopic (exact) mass is 452 g/mol. The lowest BCUT2D eigenvalue weighted by Crippen LogP contribution is -2.16. The van der Waals surface area contributed by atoms with Gasteiger partial charge in [0.15, 0.2) is 6.61 Å². The van der Waals surface area contributed by atoms with E-state index in [-0.39, 0.29) is 12.2 Å². The van der Waals surface area contributed by atoms with Crippen molar-refractivity contribution in [1.29, 1.82) is 0 Å². The van der Waals surface area contributed by atoms with Gasteiger partial charge in [-0.3, -0.25) is 0 Å². The number of carbonyl (C=O) groups excluding carboxylic acids is 1. The number of thioether (sulfide) groups is 1. The average molecular weight is 453 g/mol. The third-order valence-electron chi connectivity index (χ3n) is 4.01. The standard InChI is InChI=1S/C22H13ClN2O5S/c23-16-8-5-7-15(12-16)19-24-25-22(30-19)31-11-4-3-10-28-20(26)17-13-14-6-1-2-9-18(14)29-21(17)27/h1-2,5-9,12-13H,10-11H2. The molecule has 0 aliphatic rings. The minimum absolute atomic E-state index is 0.163. The fourth-order valence-electron chi connectivity index (χ4n) is 2.59. The Bertz CT molecular complexity index is 1370. The third kappa shape index (κ3) is 5.15. The summed E-state index contributed by atoms with van der Waals surface area (Å²) >= 11 is 7.20. The van der Waals surface area contributed by atoms with E-state index < -0.39 is 11.6 Å². The Morgan fingerprint density at radius 2 is 1.94 bits per heavy atom. The number of aromatic nitrogens is 2. The first-order valence-corrected chi connectivity index (χ1v) is 10.3. The summed E-state index contributed by atoms with van der Waals surface area (Å²) in [5, 5.41) is 9.49. The lowest BCUT2D eigenvalue weighted by atomic mass is 10.2. The molecule has 0 atom stereocenters. The van der Waals surface area contributed by atoms with Crippen molar-refractivity contribution >= 4 is 40.3 Å². The summed E-state index contributed by atoms with van der Waals surface area (Å²) in [5.74, 6) is 5.46. The van der Waals surface area contributed by atoms with Crippen LogP contribution in [-0.2, 0) is 4.74 Å². The molecule has 0 radical (unpaired) electrons. The fourth-order valence-corrected chi connectivity index (χ4v) is 3.31. The highest BCUT2D eigenvalue weighted by molar-refractivity contribution is 7.99. The Labute approximate surface area is 185 Å². The van der Waals surface area contributed by atoms with E-state index in [0.29, 0.717) is 32.9 Å². The Balaban J connectivity index is 1.29. The number of hydrogen-bond donors (Lipinski definition) is 0. The van der Waals surface area contributed by atoms with Crippen LogP contribution in [0.2, 0.25) is 5.02 Å². The molecule has 0 fully saturated rings. The van der Waals surface area contributed by atoms with E-state index in [9.17, 15) is 9.59 Å². The van der Waals surface area contributed by atoms with E-state index in [0.717, 1.165) is 5.56 Å². The quantitative estimate of drug-likeness (QED) is 0.190. The molecule has 0 amide bonds. The van der Waals surface area contributed by atoms with Gasteiger partial charge in [0.05, 0.1) is 5.75 Å². The first-order chi connectivity index (χ1) is 15.1. The molecule has 9 heteroatoms. The van der Waals surface area contributed by atoms with Gasteiger partial charge in [-0.25, -0.2) is 9.59 Å². The Kier molecular flexibility index (Phi) is 6.36. The van der Waals surface area contributed by atoms with Crippen molar-refractivity contribution in [1.82, 2.24) is 10.2 Å². The molecule has 0 saturated carbocycles. The number of ether oxygens (including phenoxy) is 1. The van der Waals surface area contributed by atoms with E-state index in [1.165, 1.54) is 17.8 Å². The zero-order chi connectivity index (χ0) is 21.6. The number of halogens is 1. The van der Waals surface area contributed by atoms with Crippen molar-refractivity contribution in [2.24, 2.45) is 0 Å². The van der Waals surface area contributed by atoms with Gasteiger partial charge in [0, 0.05) is 16.0 Å². The molecule has 0 aliphatic heterocycles. The van der Waals surface area contributed by atoms with Gasteiger partial charge in [-0.2, -0.15) is 0 Å². The lowest BCUT2D eigenvalue weighted by molar-refractivity contribution is 0.0552. The Hall–Kier alpha value is -3.54. The molecule has 7 nitrogen and oxygen atoms in total. The zero-order valence-corrected chi connectivity index (χ0v) is 17.4. The highest BCUT2D eigenvalue weighted by Gasteiger charge is 2.14. The molecule has 2 heterocycles. The predicted molar refractivity (Wildman–Crippen MR) is 116 cm³/mol. The topological polar surface area (TPSA) is 95.4 Å². The van der Waals surface area contributed by atoms with E-state index in [1.54, 1.807) is 42.5 Å². The number of benzene rings is 2. The van der Waals surface area contributed by atoms with Crippen LogP contribution in [0.25, 0.3) is 22.4 Å². The summed E-state index contributed by atoms with van der Waals surface area (Å²) in [6.07, 6.45) is 0. The van der Waals surface area contributed by atoms with Crippen molar-refractivity contribution < 1.29 is 18.4 Å². The van der Waals surface area contributed by atoms with E-state index in [2.05, 4.69) is 22.0 Å². The van der Waals surface area contributed by atoms with Crippen molar-refractivity contribution in [2.75, 3.05) is 12.4 Å². The van der Waals surface area contributed by atoms with Gasteiger partial charge >= 0.3 is 11.6 Å². The van der Waals surface area contributed by atoms with Crippen LogP contribution < -0.4 is 5.63 Å². The van der Waals surface area contributed by atoms with Gasteiger partial charge in [-0.1, -0.05) is 59.5 Å². The molecular formula is C22H13ClN2O5S. The second-order valence-corrected chi connectivity index (χ2v) is 7.45. The van der Waals surface area contributed by atoms with Gasteiger partial charge in [0.2, 0.25) is 5.89 Å². The number of para-hydroxylation sites is 1. The minimum atomic E-state index is -0.787. The number of esters is 1. The second-order valence-electron chi connectivity index (χ2n) is 6.09. The molecule has 0 spiro atoms. The van der Waals surface area contributed by atoms with Gasteiger partial charge < -0.3 is 13.6 Å². The molecule has 0 N–H and O–H groups in total. The summed E-state index contributed by atoms with van der Waals surface area (Å²) < 4.78 is 15.7. The summed E-state index contributed by atoms with van der Waals surface area (Å²) in [6.45, 7) is -0.163. The molecule has 2 aromatic heterocycles. The number of nitrogens with zero attached hydrogens (tertiary/aromatic N) is 2. The summed E-state index contributed by atoms with van der Waals surface area (Å²) in [4.78, 5) is 24.1. The summed E-state index contributed by atoms with van der Waals surface area (Å²) in [6, 6.07) is 15.4. The first kappa shape index (κ1) is 20.7. The number of rotatable bonds is 5. The van der Waals surface area contributed by atoms with Crippen LogP contribution in [0.3, 0.4) is 0 Å². The van der Waals surface area contributed by atoms with Gasteiger partial charge in [0.25, 0.3) is 5.22 Å². The van der Waals surface area contributed by atoms with Crippen LogP contribution in [-0.4, -0.2) is 28.5 Å². The van der Waals surface area contributed by atoms with Crippen LogP contribution in [0.1, 0.15) is 10.4 Å². The van der Waals surface area contributed by atoms with Crippen LogP contribution in [0.4, 0.5) is 0 Å². The van der Waals surface area contributed by atoms with E-state index in [1.807, 2.05) is 6.07 Å². The van der Waals surface area contributed by atoms with E-state index >= 15 is 0 Å². The molecule has 4 aromatic rings. The highest BCUT2D eigenvalue weighted by atomic mass is 35.5. The average Bonchev–Trinajstić information content (AvgIpc) is 3.24. The molecule has 0 unspecified atom stereocenters. The first-order valence-electron chi connectivity index (χ1n) is 8.98. The minimum Gasteiger partial charge on any atom is -0.449 e. The van der Waals surface area contributed by atoms with Gasteiger partial charge in [-0.15, -0.1) is 10.2 Å². The maximum Gasteiger partial charge on any atom is 0.351 e. The van der Waals surface area contributed by atoms with Crippen LogP contribution in [0.15, 0.2) is 73.4 Å². The third-order valence-corrected chi connectivity index (χ3v) is 4.94. The van der Waals surface area contributed by atoms with Crippen molar-refractivity contribution in [2.45, 2.75) is 5.22 Å². The smallest absolute Gasteiger partial charge is 0.351 e. The Morgan fingerprint density at radius 1 is 1.06 bits per heavy atom. The molecule has 2 aromatic carbocycles. The molecule has 154 valence electrons. The van der Waals surface area contributed by atoms with Crippen LogP contribution >= 0.6 is 23.4 Å². The van der Waals surface area contributed by atoms with Crippen LogP contribution in [0, 0.1) is 11.8 Å². The normalized spacial score (nSPS) is 10.5. The zero-order valence-electron chi connectivity index (χ0n) is 15.8. The number of hydrogen-bond acceptors (Lipinski definition) is 8. The predicted octanol–water partition coefficient (Wildman–Crippen LogP) is 4.45. The largest absolute Gasteiger partial charge is 0.449 e. The molecule has 0 aliphatic carbocycles. The molecule has 0 bridgehead atoms. The van der Waals surface area contributed by atoms with Crippen molar-refractivity contribution in [3.63, 3.8) is 0 Å². The fraction of sp³-hybridized carbons (Fsp3) is 0.0909. The van der Waals surface area contributed by atoms with Crippen molar-refractivity contribution in [3.05, 3.63) is 75.6 Å². The molecule has 4 rings (SSSR count). The lowest BCUT2D eigenvalue weighted by Gasteiger charge is -2.01. The van der Waals surface area contributed by atoms with Crippen molar-refractivity contribution in [3.8, 4) is 23.3 Å². The van der Waals surface area contributed by atoms with Gasteiger partial charge in [-0.05, 0) is 30.3 Å². The van der Waals surface area contributed by atoms with E-state index in [4.69, 9.17) is 25.2 Å². The molecule has 31 heavy (non-hydrogen) atoms. The molecule has 0 saturated heterocycles. The summed E-state index contributed by atoms with van der Waals surface area (Å²) in [7, 11) is 0. The molecular weight excluding hydrogens is 440 g/mol. The van der Waals surface area contributed by atoms with Crippen LogP contribution in [0.5, 0.6) is 0 Å². The summed E-state index contributed by atoms with van der Waals surface area (Å²) in [5.41, 5.74) is 0.205. The number of carbonyl (C=O) groups is 1. The highest BCUT2D eigenvalue weighted by Crippen LogP contribution is 2.24. The second kappa shape index (κ2) is 9.51.